The van der Waals surface area contributed by atoms with Gasteiger partial charge in [0.1, 0.15) is 12.1 Å². The number of hydrogen-bond acceptors (Lipinski definition) is 6. The molecule has 0 amide bonds. The lowest BCUT2D eigenvalue weighted by molar-refractivity contribution is 0.203. The summed E-state index contributed by atoms with van der Waals surface area (Å²) in [6, 6.07) is 8.21. The molecule has 1 aliphatic rings. The summed E-state index contributed by atoms with van der Waals surface area (Å²) in [5.41, 5.74) is 7.58. The largest absolute Gasteiger partial charge is 0.493 e. The highest BCUT2D eigenvalue weighted by Crippen LogP contribution is 2.36. The number of halogens is 1. The zero-order valence-electron chi connectivity index (χ0n) is 17.2. The molecular weight excluding hydrogens is 383 g/mol. The Morgan fingerprint density at radius 2 is 1.90 bits per heavy atom. The number of nitrogens with zero attached hydrogens (tertiary/aromatic N) is 3. The van der Waals surface area contributed by atoms with Crippen LogP contribution in [0.2, 0.25) is 0 Å². The molecule has 30 heavy (non-hydrogen) atoms. The Morgan fingerprint density at radius 3 is 2.67 bits per heavy atom. The first-order chi connectivity index (χ1) is 14.7. The van der Waals surface area contributed by atoms with E-state index < -0.39 is 5.82 Å². The Balaban J connectivity index is 1.55. The lowest BCUT2D eigenvalue weighted by atomic mass is 10.0. The van der Waals surface area contributed by atoms with Crippen molar-refractivity contribution in [3.05, 3.63) is 42.5 Å². The first-order valence-corrected chi connectivity index (χ1v) is 10.4. The zero-order valence-corrected chi connectivity index (χ0v) is 17.2. The van der Waals surface area contributed by atoms with Crippen molar-refractivity contribution in [1.29, 1.82) is 0 Å². The maximum absolute atomic E-state index is 14.5. The summed E-state index contributed by atoms with van der Waals surface area (Å²) in [7, 11) is 1.59. The van der Waals surface area contributed by atoms with Gasteiger partial charge in [-0.3, -0.25) is 0 Å². The number of likely N-dealkylation sites (tertiary alicyclic amines) is 1. The van der Waals surface area contributed by atoms with Crippen LogP contribution in [0.1, 0.15) is 25.7 Å². The number of rotatable bonds is 7. The third-order valence-electron chi connectivity index (χ3n) is 5.49. The van der Waals surface area contributed by atoms with Crippen LogP contribution in [0, 0.1) is 5.82 Å². The SMILES string of the molecule is COc1cc2c(-c3ccc(N)cc3F)ncnc2cc1OCCCN1CCCCC1. The number of nitrogens with two attached hydrogens (primary N) is 1. The standard InChI is InChI=1S/C23H27FN4O2/c1-29-21-13-18-20(14-22(21)30-11-5-10-28-8-3-2-4-9-28)26-15-27-23(18)17-7-6-16(25)12-19(17)24/h6-7,12-15H,2-5,8-11,25H2,1H3. The van der Waals surface area contributed by atoms with E-state index in [2.05, 4.69) is 14.9 Å². The highest BCUT2D eigenvalue weighted by atomic mass is 19.1. The van der Waals surface area contributed by atoms with E-state index >= 15 is 0 Å². The summed E-state index contributed by atoms with van der Waals surface area (Å²) in [6.45, 7) is 4.00. The highest BCUT2D eigenvalue weighted by molar-refractivity contribution is 5.94. The molecule has 2 heterocycles. The number of anilines is 1. The molecule has 7 heteroatoms. The fraction of sp³-hybridized carbons (Fsp3) is 0.391. The molecule has 6 nitrogen and oxygen atoms in total. The molecule has 1 aromatic heterocycles. The topological polar surface area (TPSA) is 73.5 Å². The highest BCUT2D eigenvalue weighted by Gasteiger charge is 2.16. The molecule has 4 rings (SSSR count). The minimum Gasteiger partial charge on any atom is -0.493 e. The second kappa shape index (κ2) is 9.26. The van der Waals surface area contributed by atoms with Crippen molar-refractivity contribution in [3.8, 4) is 22.8 Å². The second-order valence-electron chi connectivity index (χ2n) is 7.59. The molecule has 0 atom stereocenters. The quantitative estimate of drug-likeness (QED) is 0.463. The normalized spacial score (nSPS) is 14.7. The number of fused-ring (bicyclic) bond motifs is 1. The van der Waals surface area contributed by atoms with Crippen LogP contribution >= 0.6 is 0 Å². The van der Waals surface area contributed by atoms with Crippen molar-refractivity contribution in [1.82, 2.24) is 14.9 Å². The minimum atomic E-state index is -0.424. The van der Waals surface area contributed by atoms with Gasteiger partial charge >= 0.3 is 0 Å². The van der Waals surface area contributed by atoms with Gasteiger partial charge in [0.15, 0.2) is 11.5 Å². The van der Waals surface area contributed by atoms with E-state index in [0.29, 0.717) is 46.0 Å². The Labute approximate surface area is 175 Å². The van der Waals surface area contributed by atoms with E-state index in [9.17, 15) is 4.39 Å². The lowest BCUT2D eigenvalue weighted by Gasteiger charge is -2.26. The molecule has 0 spiro atoms. The number of nitrogen functional groups attached to an aromatic ring is 1. The smallest absolute Gasteiger partial charge is 0.163 e. The van der Waals surface area contributed by atoms with Gasteiger partial charge in [-0.15, -0.1) is 0 Å². The molecule has 1 fully saturated rings. The van der Waals surface area contributed by atoms with Crippen molar-refractivity contribution in [2.45, 2.75) is 25.7 Å². The molecule has 0 saturated carbocycles. The van der Waals surface area contributed by atoms with Crippen LogP contribution in [-0.4, -0.2) is 48.2 Å². The fourth-order valence-corrected chi connectivity index (χ4v) is 3.93. The van der Waals surface area contributed by atoms with E-state index in [4.69, 9.17) is 15.2 Å². The predicted molar refractivity (Wildman–Crippen MR) is 116 cm³/mol. The summed E-state index contributed by atoms with van der Waals surface area (Å²) in [5.74, 6) is 0.783. The van der Waals surface area contributed by atoms with Crippen molar-refractivity contribution in [3.63, 3.8) is 0 Å². The number of piperidine rings is 1. The van der Waals surface area contributed by atoms with Crippen LogP contribution in [0.15, 0.2) is 36.7 Å². The predicted octanol–water partition coefficient (Wildman–Crippen LogP) is 4.28. The fourth-order valence-electron chi connectivity index (χ4n) is 3.93. The van der Waals surface area contributed by atoms with Crippen molar-refractivity contribution in [2.24, 2.45) is 0 Å². The minimum absolute atomic E-state index is 0.368. The van der Waals surface area contributed by atoms with Gasteiger partial charge in [0.2, 0.25) is 0 Å². The lowest BCUT2D eigenvalue weighted by Crippen LogP contribution is -2.31. The van der Waals surface area contributed by atoms with Gasteiger partial charge in [-0.05, 0) is 56.6 Å². The van der Waals surface area contributed by atoms with Crippen LogP contribution in [0.5, 0.6) is 11.5 Å². The first kappa shape index (κ1) is 20.3. The number of methoxy groups -OCH3 is 1. The number of aromatic nitrogens is 2. The Hall–Kier alpha value is -2.93. The molecule has 0 unspecified atom stereocenters. The molecule has 0 radical (unpaired) electrons. The van der Waals surface area contributed by atoms with E-state index in [1.807, 2.05) is 6.07 Å². The molecular formula is C23H27FN4O2. The van der Waals surface area contributed by atoms with Crippen LogP contribution in [0.4, 0.5) is 10.1 Å². The zero-order chi connectivity index (χ0) is 20.9. The van der Waals surface area contributed by atoms with Crippen LogP contribution in [-0.2, 0) is 0 Å². The second-order valence-corrected chi connectivity index (χ2v) is 7.59. The Morgan fingerprint density at radius 1 is 1.07 bits per heavy atom. The molecule has 1 aliphatic heterocycles. The summed E-state index contributed by atoms with van der Waals surface area (Å²) in [4.78, 5) is 11.1. The molecule has 3 aromatic rings. The van der Waals surface area contributed by atoms with Crippen LogP contribution in [0.25, 0.3) is 22.2 Å². The average Bonchev–Trinajstić information content (AvgIpc) is 2.76. The first-order valence-electron chi connectivity index (χ1n) is 10.4. The van der Waals surface area contributed by atoms with Crippen molar-refractivity contribution < 1.29 is 13.9 Å². The molecule has 0 aliphatic carbocycles. The van der Waals surface area contributed by atoms with E-state index in [1.165, 1.54) is 44.7 Å². The van der Waals surface area contributed by atoms with Gasteiger partial charge in [0.25, 0.3) is 0 Å². The number of ether oxygens (including phenoxy) is 2. The summed E-state index contributed by atoms with van der Waals surface area (Å²) >= 11 is 0. The van der Waals surface area contributed by atoms with Gasteiger partial charge in [-0.2, -0.15) is 0 Å². The third-order valence-corrected chi connectivity index (χ3v) is 5.49. The van der Waals surface area contributed by atoms with Crippen LogP contribution in [0.3, 0.4) is 0 Å². The van der Waals surface area contributed by atoms with Gasteiger partial charge in [0.05, 0.1) is 24.9 Å². The molecule has 1 saturated heterocycles. The molecule has 2 N–H and O–H groups in total. The summed E-state index contributed by atoms with van der Waals surface area (Å²) in [6.07, 6.45) is 6.30. The molecule has 0 bridgehead atoms. The third kappa shape index (κ3) is 4.46. The van der Waals surface area contributed by atoms with E-state index in [-0.39, 0.29) is 0 Å². The van der Waals surface area contributed by atoms with Crippen molar-refractivity contribution in [2.75, 3.05) is 39.1 Å². The maximum Gasteiger partial charge on any atom is 0.163 e. The van der Waals surface area contributed by atoms with Gasteiger partial charge in [-0.25, -0.2) is 14.4 Å². The number of hydrogen-bond donors (Lipinski definition) is 1. The van der Waals surface area contributed by atoms with E-state index in [0.717, 1.165) is 13.0 Å². The van der Waals surface area contributed by atoms with Gasteiger partial charge in [0, 0.05) is 29.2 Å². The van der Waals surface area contributed by atoms with Gasteiger partial charge in [-0.1, -0.05) is 6.42 Å². The monoisotopic (exact) mass is 410 g/mol. The maximum atomic E-state index is 14.5. The molecule has 158 valence electrons. The van der Waals surface area contributed by atoms with Gasteiger partial charge < -0.3 is 20.1 Å². The summed E-state index contributed by atoms with van der Waals surface area (Å²) < 4.78 is 26.0. The van der Waals surface area contributed by atoms with E-state index in [1.54, 1.807) is 25.3 Å². The Kier molecular flexibility index (Phi) is 6.28. The summed E-state index contributed by atoms with van der Waals surface area (Å²) in [5, 5.41) is 0.693. The number of benzene rings is 2. The Bertz CT molecular complexity index is 1020. The van der Waals surface area contributed by atoms with Crippen molar-refractivity contribution >= 4 is 16.6 Å². The van der Waals surface area contributed by atoms with Crippen LogP contribution < -0.4 is 15.2 Å². The molecule has 2 aromatic carbocycles. The average molecular weight is 410 g/mol.